The Morgan fingerprint density at radius 3 is 2.66 bits per heavy atom. The average molecular weight is 426 g/mol. The van der Waals surface area contributed by atoms with E-state index in [1.54, 1.807) is 62.0 Å². The van der Waals surface area contributed by atoms with E-state index in [9.17, 15) is 14.9 Å². The fourth-order valence-electron chi connectivity index (χ4n) is 3.21. The number of nitrogens with one attached hydrogen (secondary N) is 2. The number of hydrogen-bond acceptors (Lipinski definition) is 6. The van der Waals surface area contributed by atoms with E-state index >= 15 is 0 Å². The van der Waals surface area contributed by atoms with E-state index in [0.29, 0.717) is 16.9 Å². The molecule has 2 heterocycles. The highest BCUT2D eigenvalue weighted by molar-refractivity contribution is 5.94. The summed E-state index contributed by atoms with van der Waals surface area (Å²) < 4.78 is 6.59. The zero-order valence-electron chi connectivity index (χ0n) is 17.0. The molecular weight excluding hydrogens is 408 g/mol. The molecule has 0 fully saturated rings. The predicted octanol–water partition coefficient (Wildman–Crippen LogP) is 2.36. The van der Waals surface area contributed by atoms with Crippen molar-refractivity contribution >= 4 is 5.91 Å². The van der Waals surface area contributed by atoms with Gasteiger partial charge < -0.3 is 10.1 Å². The van der Waals surface area contributed by atoms with Gasteiger partial charge in [-0.3, -0.25) is 14.6 Å². The van der Waals surface area contributed by atoms with Crippen molar-refractivity contribution in [2.45, 2.75) is 6.04 Å². The second kappa shape index (κ2) is 8.97. The normalized spacial score (nSPS) is 11.4. The third-order valence-corrected chi connectivity index (χ3v) is 4.83. The van der Waals surface area contributed by atoms with Gasteiger partial charge in [-0.25, -0.2) is 9.67 Å². The molecule has 0 spiro atoms. The predicted molar refractivity (Wildman–Crippen MR) is 115 cm³/mol. The van der Waals surface area contributed by atoms with Crippen molar-refractivity contribution in [2.24, 2.45) is 0 Å². The molecule has 0 bridgehead atoms. The molecule has 2 aromatic carbocycles. The number of nitrogens with zero attached hydrogens (tertiary/aromatic N) is 4. The first-order valence-electron chi connectivity index (χ1n) is 9.63. The van der Waals surface area contributed by atoms with E-state index in [1.807, 2.05) is 12.1 Å². The van der Waals surface area contributed by atoms with E-state index < -0.39 is 17.5 Å². The summed E-state index contributed by atoms with van der Waals surface area (Å²) in [6.45, 7) is 0. The minimum absolute atomic E-state index is 0.143. The molecule has 0 radical (unpaired) electrons. The average Bonchev–Trinajstić information content (AvgIpc) is 3.37. The lowest BCUT2D eigenvalue weighted by Gasteiger charge is -2.20. The maximum atomic E-state index is 13.0. The Labute approximate surface area is 182 Å². The van der Waals surface area contributed by atoms with Crippen molar-refractivity contribution in [2.75, 3.05) is 7.11 Å². The van der Waals surface area contributed by atoms with Gasteiger partial charge >= 0.3 is 0 Å². The summed E-state index contributed by atoms with van der Waals surface area (Å²) in [6, 6.07) is 17.3. The fourth-order valence-corrected chi connectivity index (χ4v) is 3.21. The lowest BCUT2D eigenvalue weighted by atomic mass is 9.97. The molecule has 0 aliphatic rings. The van der Waals surface area contributed by atoms with Crippen LogP contribution in [0.1, 0.15) is 33.1 Å². The Bertz CT molecular complexity index is 1340. The monoisotopic (exact) mass is 426 g/mol. The molecule has 158 valence electrons. The van der Waals surface area contributed by atoms with Gasteiger partial charge in [0.15, 0.2) is 0 Å². The van der Waals surface area contributed by atoms with Crippen molar-refractivity contribution < 1.29 is 9.53 Å². The molecule has 2 aromatic heterocycles. The maximum absolute atomic E-state index is 13.0. The van der Waals surface area contributed by atoms with E-state index in [2.05, 4.69) is 26.5 Å². The molecule has 4 aromatic rings. The summed E-state index contributed by atoms with van der Waals surface area (Å²) in [5, 5.41) is 16.2. The number of hydrogen-bond donors (Lipinski definition) is 2. The highest BCUT2D eigenvalue weighted by Crippen LogP contribution is 2.25. The van der Waals surface area contributed by atoms with Gasteiger partial charge in [0.25, 0.3) is 11.5 Å². The zero-order chi connectivity index (χ0) is 22.5. The summed E-state index contributed by atoms with van der Waals surface area (Å²) >= 11 is 0. The van der Waals surface area contributed by atoms with Crippen LogP contribution in [0.2, 0.25) is 0 Å². The molecule has 0 aliphatic heterocycles. The van der Waals surface area contributed by atoms with Crippen LogP contribution in [0.25, 0.3) is 5.95 Å². The number of rotatable bonds is 6. The van der Waals surface area contributed by atoms with E-state index in [4.69, 9.17) is 4.74 Å². The minimum Gasteiger partial charge on any atom is -0.497 e. The zero-order valence-corrected chi connectivity index (χ0v) is 17.0. The van der Waals surface area contributed by atoms with Gasteiger partial charge in [0.05, 0.1) is 24.8 Å². The summed E-state index contributed by atoms with van der Waals surface area (Å²) in [6.07, 6.45) is 4.39. The molecule has 1 amide bonds. The van der Waals surface area contributed by atoms with Crippen molar-refractivity contribution in [1.29, 1.82) is 5.26 Å². The highest BCUT2D eigenvalue weighted by atomic mass is 16.5. The first-order valence-corrected chi connectivity index (χ1v) is 9.63. The van der Waals surface area contributed by atoms with Crippen LogP contribution in [-0.2, 0) is 0 Å². The highest BCUT2D eigenvalue weighted by Gasteiger charge is 2.21. The van der Waals surface area contributed by atoms with Gasteiger partial charge in [-0.05, 0) is 41.5 Å². The van der Waals surface area contributed by atoms with E-state index in [1.165, 1.54) is 10.9 Å². The van der Waals surface area contributed by atoms with Gasteiger partial charge in [-0.15, -0.1) is 0 Å². The number of carbonyl (C=O) groups excluding carboxylic acids is 1. The lowest BCUT2D eigenvalue weighted by Crippen LogP contribution is -2.34. The van der Waals surface area contributed by atoms with Gasteiger partial charge in [0, 0.05) is 18.6 Å². The maximum Gasteiger partial charge on any atom is 0.265 e. The second-order valence-corrected chi connectivity index (χ2v) is 6.82. The summed E-state index contributed by atoms with van der Waals surface area (Å²) in [4.78, 5) is 32.3. The number of aromatic nitrogens is 4. The molecular formula is C23H18N6O3. The number of benzene rings is 2. The quantitative estimate of drug-likeness (QED) is 0.487. The third-order valence-electron chi connectivity index (χ3n) is 4.83. The Kier molecular flexibility index (Phi) is 5.76. The van der Waals surface area contributed by atoms with Crippen LogP contribution < -0.4 is 15.6 Å². The molecule has 32 heavy (non-hydrogen) atoms. The molecule has 2 N–H and O–H groups in total. The minimum atomic E-state index is -0.605. The summed E-state index contributed by atoms with van der Waals surface area (Å²) in [5.41, 5.74) is 1.17. The number of ether oxygens (including phenoxy) is 1. The lowest BCUT2D eigenvalue weighted by molar-refractivity contribution is 0.0941. The molecule has 9 heteroatoms. The van der Waals surface area contributed by atoms with Crippen LogP contribution in [0.3, 0.4) is 0 Å². The number of aromatic amines is 1. The van der Waals surface area contributed by atoms with E-state index in [0.717, 1.165) is 5.56 Å². The van der Waals surface area contributed by atoms with Gasteiger partial charge in [0.2, 0.25) is 5.95 Å². The topological polar surface area (TPSA) is 126 Å². The molecule has 0 saturated carbocycles. The standard InChI is InChI=1S/C23H18N6O3/c1-32-18-8-6-16(7-9-18)20(17-5-2-4-15(12-17)13-24)27-21(30)19-14-25-23(28-22(19)31)29-11-3-10-26-29/h2-12,14,20H,1H3,(H,27,30)(H,25,28,31). The number of carbonyl (C=O) groups is 1. The second-order valence-electron chi connectivity index (χ2n) is 6.82. The molecule has 9 nitrogen and oxygen atoms in total. The summed E-state index contributed by atoms with van der Waals surface area (Å²) in [7, 11) is 1.57. The molecule has 1 unspecified atom stereocenters. The third kappa shape index (κ3) is 4.24. The Morgan fingerprint density at radius 1 is 1.19 bits per heavy atom. The van der Waals surface area contributed by atoms with Crippen LogP contribution in [0, 0.1) is 11.3 Å². The first kappa shape index (κ1) is 20.6. The Balaban J connectivity index is 1.68. The van der Waals surface area contributed by atoms with Crippen molar-refractivity contribution in [3.63, 3.8) is 0 Å². The van der Waals surface area contributed by atoms with Crippen molar-refractivity contribution in [3.05, 3.63) is 106 Å². The van der Waals surface area contributed by atoms with Crippen LogP contribution in [-0.4, -0.2) is 32.8 Å². The molecule has 0 aliphatic carbocycles. The van der Waals surface area contributed by atoms with Crippen LogP contribution in [0.4, 0.5) is 0 Å². The van der Waals surface area contributed by atoms with Gasteiger partial charge in [-0.2, -0.15) is 10.4 Å². The van der Waals surface area contributed by atoms with Crippen LogP contribution in [0.15, 0.2) is 78.0 Å². The number of nitriles is 1. The van der Waals surface area contributed by atoms with E-state index in [-0.39, 0.29) is 11.5 Å². The van der Waals surface area contributed by atoms with Crippen molar-refractivity contribution in [3.8, 4) is 17.8 Å². The van der Waals surface area contributed by atoms with Crippen molar-refractivity contribution in [1.82, 2.24) is 25.1 Å². The van der Waals surface area contributed by atoms with Gasteiger partial charge in [0.1, 0.15) is 11.3 Å². The molecule has 0 saturated heterocycles. The largest absolute Gasteiger partial charge is 0.497 e. The Hall–Kier alpha value is -4.71. The summed E-state index contributed by atoms with van der Waals surface area (Å²) in [5.74, 6) is 0.262. The smallest absolute Gasteiger partial charge is 0.265 e. The molecule has 4 rings (SSSR count). The molecule has 1 atom stereocenters. The fraction of sp³-hybridized carbons (Fsp3) is 0.0870. The Morgan fingerprint density at radius 2 is 2.00 bits per heavy atom. The van der Waals surface area contributed by atoms with Gasteiger partial charge in [-0.1, -0.05) is 24.3 Å². The number of amides is 1. The number of H-pyrrole nitrogens is 1. The van der Waals surface area contributed by atoms with Crippen LogP contribution >= 0.6 is 0 Å². The number of methoxy groups -OCH3 is 1. The first-order chi connectivity index (χ1) is 15.6. The van der Waals surface area contributed by atoms with Crippen LogP contribution in [0.5, 0.6) is 5.75 Å². The SMILES string of the molecule is COc1ccc(C(NC(=O)c2cnc(-n3cccn3)[nH]c2=O)c2cccc(C#N)c2)cc1.